The average Bonchev–Trinajstić information content (AvgIpc) is 2.47. The second-order valence-electron chi connectivity index (χ2n) is 4.50. The van der Waals surface area contributed by atoms with Crippen molar-refractivity contribution in [1.82, 2.24) is 10.6 Å². The van der Waals surface area contributed by atoms with Crippen molar-refractivity contribution in [3.8, 4) is 0 Å². The first kappa shape index (κ1) is 12.3. The zero-order valence-corrected chi connectivity index (χ0v) is 9.74. The van der Waals surface area contributed by atoms with Crippen molar-refractivity contribution < 1.29 is 0 Å². The summed E-state index contributed by atoms with van der Waals surface area (Å²) in [4.78, 5) is 0. The molecule has 2 N–H and O–H groups in total. The minimum absolute atomic E-state index is 0. The highest BCUT2D eigenvalue weighted by Crippen LogP contribution is 2.22. The number of hydrogen-bond donors (Lipinski definition) is 2. The van der Waals surface area contributed by atoms with Gasteiger partial charge in [0.25, 0.3) is 0 Å². The summed E-state index contributed by atoms with van der Waals surface area (Å²) in [5.74, 6) is 0.958. The molecule has 14 heavy (non-hydrogen) atoms. The maximum atomic E-state index is 3.72. The average molecular weight is 219 g/mol. The third kappa shape index (κ3) is 3.41. The number of nitrogens with one attached hydrogen (secondary N) is 2. The van der Waals surface area contributed by atoms with Gasteiger partial charge in [-0.15, -0.1) is 12.4 Å². The highest BCUT2D eigenvalue weighted by Gasteiger charge is 2.23. The molecule has 1 unspecified atom stereocenters. The maximum absolute atomic E-state index is 3.72. The lowest BCUT2D eigenvalue weighted by Gasteiger charge is -2.30. The summed E-state index contributed by atoms with van der Waals surface area (Å²) in [6, 6.07) is 0.838. The van der Waals surface area contributed by atoms with Crippen LogP contribution in [0.3, 0.4) is 0 Å². The van der Waals surface area contributed by atoms with Gasteiger partial charge in [-0.25, -0.2) is 0 Å². The van der Waals surface area contributed by atoms with Gasteiger partial charge in [0.1, 0.15) is 0 Å². The van der Waals surface area contributed by atoms with Gasteiger partial charge in [-0.1, -0.05) is 12.8 Å². The Labute approximate surface area is 93.6 Å². The van der Waals surface area contributed by atoms with Crippen LogP contribution in [0.2, 0.25) is 0 Å². The molecular weight excluding hydrogens is 196 g/mol. The third-order valence-corrected chi connectivity index (χ3v) is 3.55. The fourth-order valence-electron chi connectivity index (χ4n) is 2.70. The van der Waals surface area contributed by atoms with E-state index in [1.165, 1.54) is 58.2 Å². The maximum Gasteiger partial charge on any atom is 0.00962 e. The van der Waals surface area contributed by atoms with E-state index in [9.17, 15) is 0 Å². The summed E-state index contributed by atoms with van der Waals surface area (Å²) < 4.78 is 0. The summed E-state index contributed by atoms with van der Waals surface area (Å²) in [7, 11) is 0. The SMILES string of the molecule is C1CCNC(C2CCNCC2)CC1.Cl. The standard InChI is InChI=1S/C11H22N2.ClH/c1-2-4-11(13-7-3-1)10-5-8-12-9-6-10;/h10-13H,1-9H2;1H. The molecule has 0 aromatic carbocycles. The summed E-state index contributed by atoms with van der Waals surface area (Å²) in [6.07, 6.45) is 8.47. The fraction of sp³-hybridized carbons (Fsp3) is 1.00. The third-order valence-electron chi connectivity index (χ3n) is 3.55. The summed E-state index contributed by atoms with van der Waals surface area (Å²) in [5.41, 5.74) is 0. The predicted octanol–water partition coefficient (Wildman–Crippen LogP) is 1.94. The summed E-state index contributed by atoms with van der Waals surface area (Å²) in [6.45, 7) is 3.74. The quantitative estimate of drug-likeness (QED) is 0.703. The molecule has 2 aliphatic rings. The van der Waals surface area contributed by atoms with Crippen molar-refractivity contribution in [2.24, 2.45) is 5.92 Å². The van der Waals surface area contributed by atoms with E-state index in [0.717, 1.165) is 12.0 Å². The van der Waals surface area contributed by atoms with E-state index in [0.29, 0.717) is 0 Å². The smallest absolute Gasteiger partial charge is 0.00962 e. The summed E-state index contributed by atoms with van der Waals surface area (Å²) >= 11 is 0. The van der Waals surface area contributed by atoms with Crippen molar-refractivity contribution in [3.05, 3.63) is 0 Å². The van der Waals surface area contributed by atoms with Crippen LogP contribution in [0.25, 0.3) is 0 Å². The molecule has 0 aromatic rings. The minimum Gasteiger partial charge on any atom is -0.317 e. The highest BCUT2D eigenvalue weighted by atomic mass is 35.5. The van der Waals surface area contributed by atoms with Gasteiger partial charge in [0, 0.05) is 6.04 Å². The van der Waals surface area contributed by atoms with Gasteiger partial charge >= 0.3 is 0 Å². The Bertz CT molecular complexity index is 138. The molecule has 0 radical (unpaired) electrons. The Balaban J connectivity index is 0.000000980. The van der Waals surface area contributed by atoms with Crippen molar-refractivity contribution in [3.63, 3.8) is 0 Å². The molecule has 2 nitrogen and oxygen atoms in total. The van der Waals surface area contributed by atoms with Gasteiger partial charge in [-0.2, -0.15) is 0 Å². The molecule has 1 atom stereocenters. The molecule has 0 bridgehead atoms. The molecule has 2 rings (SSSR count). The second kappa shape index (κ2) is 6.65. The van der Waals surface area contributed by atoms with Crippen LogP contribution >= 0.6 is 12.4 Å². The Morgan fingerprint density at radius 1 is 0.786 bits per heavy atom. The molecule has 84 valence electrons. The van der Waals surface area contributed by atoms with E-state index in [4.69, 9.17) is 0 Å². The lowest BCUT2D eigenvalue weighted by molar-refractivity contribution is 0.275. The molecule has 2 heterocycles. The van der Waals surface area contributed by atoms with Gasteiger partial charge in [0.05, 0.1) is 0 Å². The van der Waals surface area contributed by atoms with E-state index in [-0.39, 0.29) is 12.4 Å². The molecular formula is C11H23ClN2. The number of rotatable bonds is 1. The van der Waals surface area contributed by atoms with E-state index >= 15 is 0 Å². The normalized spacial score (nSPS) is 30.4. The largest absolute Gasteiger partial charge is 0.317 e. The van der Waals surface area contributed by atoms with Crippen LogP contribution in [0, 0.1) is 5.92 Å². The molecule has 2 aliphatic heterocycles. The van der Waals surface area contributed by atoms with Crippen LogP contribution in [0.5, 0.6) is 0 Å². The molecule has 0 aliphatic carbocycles. The molecule has 3 heteroatoms. The van der Waals surface area contributed by atoms with Crippen molar-refractivity contribution in [2.45, 2.75) is 44.6 Å². The van der Waals surface area contributed by atoms with Crippen molar-refractivity contribution in [2.75, 3.05) is 19.6 Å². The lowest BCUT2D eigenvalue weighted by Crippen LogP contribution is -2.41. The van der Waals surface area contributed by atoms with E-state index in [1.807, 2.05) is 0 Å². The molecule has 2 fully saturated rings. The van der Waals surface area contributed by atoms with Crippen LogP contribution in [0.4, 0.5) is 0 Å². The molecule has 0 saturated carbocycles. The minimum atomic E-state index is 0. The number of halogens is 1. The second-order valence-corrected chi connectivity index (χ2v) is 4.50. The zero-order chi connectivity index (χ0) is 8.93. The van der Waals surface area contributed by atoms with Gasteiger partial charge in [-0.3, -0.25) is 0 Å². The van der Waals surface area contributed by atoms with E-state index < -0.39 is 0 Å². The lowest BCUT2D eigenvalue weighted by atomic mass is 9.88. The Morgan fingerprint density at radius 2 is 1.57 bits per heavy atom. The zero-order valence-electron chi connectivity index (χ0n) is 8.93. The van der Waals surface area contributed by atoms with Crippen molar-refractivity contribution >= 4 is 12.4 Å². The number of hydrogen-bond acceptors (Lipinski definition) is 2. The predicted molar refractivity (Wildman–Crippen MR) is 63.1 cm³/mol. The Morgan fingerprint density at radius 3 is 2.36 bits per heavy atom. The fourth-order valence-corrected chi connectivity index (χ4v) is 2.70. The summed E-state index contributed by atoms with van der Waals surface area (Å²) in [5, 5.41) is 7.17. The van der Waals surface area contributed by atoms with Crippen LogP contribution in [-0.4, -0.2) is 25.7 Å². The molecule has 0 amide bonds. The van der Waals surface area contributed by atoms with Gasteiger partial charge in [-0.05, 0) is 51.2 Å². The first-order chi connectivity index (χ1) is 6.47. The Hall–Kier alpha value is 0.210. The monoisotopic (exact) mass is 218 g/mol. The van der Waals surface area contributed by atoms with Gasteiger partial charge in [0.2, 0.25) is 0 Å². The Kier molecular flexibility index (Phi) is 5.83. The van der Waals surface area contributed by atoms with Gasteiger partial charge in [0.15, 0.2) is 0 Å². The van der Waals surface area contributed by atoms with Crippen LogP contribution in [0.15, 0.2) is 0 Å². The molecule has 0 aromatic heterocycles. The highest BCUT2D eigenvalue weighted by molar-refractivity contribution is 5.85. The topological polar surface area (TPSA) is 24.1 Å². The first-order valence-corrected chi connectivity index (χ1v) is 5.91. The van der Waals surface area contributed by atoms with Gasteiger partial charge < -0.3 is 10.6 Å². The molecule has 0 spiro atoms. The number of piperidine rings is 1. The van der Waals surface area contributed by atoms with Crippen LogP contribution < -0.4 is 10.6 Å². The van der Waals surface area contributed by atoms with Crippen molar-refractivity contribution in [1.29, 1.82) is 0 Å². The van der Waals surface area contributed by atoms with E-state index in [1.54, 1.807) is 0 Å². The first-order valence-electron chi connectivity index (χ1n) is 5.91. The van der Waals surface area contributed by atoms with Crippen LogP contribution in [0.1, 0.15) is 38.5 Å². The van der Waals surface area contributed by atoms with E-state index in [2.05, 4.69) is 10.6 Å². The molecule has 2 saturated heterocycles. The van der Waals surface area contributed by atoms with Crippen LogP contribution in [-0.2, 0) is 0 Å².